The number of hydrogen-bond acceptors (Lipinski definition) is 8. The molecule has 2 amide bonds. The van der Waals surface area contributed by atoms with Crippen LogP contribution in [0.25, 0.3) is 11.1 Å². The predicted molar refractivity (Wildman–Crippen MR) is 165 cm³/mol. The number of amides is 2. The molecular formula is C33H36FN3O7. The molecule has 0 saturated heterocycles. The SMILES string of the molecule is C=C(C)C(=O)OCCNC(=O)Oc1ccc(-c2ccc3c(c2COc2cc(F)ccc2C)N(C)C(=O)C(C)(C)N3)c(OC)c1. The largest absolute Gasteiger partial charge is 0.496 e. The molecule has 0 saturated carbocycles. The minimum absolute atomic E-state index is 0.0162. The summed E-state index contributed by atoms with van der Waals surface area (Å²) in [5.41, 5.74) is 3.56. The van der Waals surface area contributed by atoms with Crippen LogP contribution in [0.1, 0.15) is 31.9 Å². The minimum Gasteiger partial charge on any atom is -0.496 e. The smallest absolute Gasteiger partial charge is 0.412 e. The molecule has 44 heavy (non-hydrogen) atoms. The second kappa shape index (κ2) is 13.1. The van der Waals surface area contributed by atoms with Gasteiger partial charge in [0.2, 0.25) is 0 Å². The van der Waals surface area contributed by atoms with Crippen molar-refractivity contribution < 1.29 is 37.7 Å². The topological polar surface area (TPSA) is 115 Å². The molecule has 0 bridgehead atoms. The summed E-state index contributed by atoms with van der Waals surface area (Å²) in [6, 6.07) is 13.0. The first-order chi connectivity index (χ1) is 20.8. The molecule has 232 valence electrons. The summed E-state index contributed by atoms with van der Waals surface area (Å²) in [4.78, 5) is 38.7. The monoisotopic (exact) mass is 605 g/mol. The van der Waals surface area contributed by atoms with Gasteiger partial charge in [0, 0.05) is 35.9 Å². The summed E-state index contributed by atoms with van der Waals surface area (Å²) in [5, 5.41) is 5.82. The summed E-state index contributed by atoms with van der Waals surface area (Å²) in [6.07, 6.45) is -0.742. The molecule has 0 aromatic heterocycles. The van der Waals surface area contributed by atoms with Gasteiger partial charge in [0.15, 0.2) is 0 Å². The maximum Gasteiger partial charge on any atom is 0.412 e. The van der Waals surface area contributed by atoms with E-state index in [4.69, 9.17) is 18.9 Å². The van der Waals surface area contributed by atoms with Gasteiger partial charge in [0.05, 0.1) is 25.0 Å². The van der Waals surface area contributed by atoms with Gasteiger partial charge in [-0.2, -0.15) is 0 Å². The number of anilines is 2. The molecule has 0 fully saturated rings. The molecule has 1 aliphatic rings. The quantitative estimate of drug-likeness (QED) is 0.170. The van der Waals surface area contributed by atoms with Crippen molar-refractivity contribution in [3.63, 3.8) is 0 Å². The van der Waals surface area contributed by atoms with Crippen LogP contribution in [0.2, 0.25) is 0 Å². The Morgan fingerprint density at radius 3 is 2.50 bits per heavy atom. The van der Waals surface area contributed by atoms with E-state index in [0.29, 0.717) is 33.9 Å². The highest BCUT2D eigenvalue weighted by Crippen LogP contribution is 2.45. The fraction of sp³-hybridized carbons (Fsp3) is 0.303. The Morgan fingerprint density at radius 2 is 1.80 bits per heavy atom. The summed E-state index contributed by atoms with van der Waals surface area (Å²) in [7, 11) is 3.19. The lowest BCUT2D eigenvalue weighted by Gasteiger charge is -2.39. The molecule has 3 aromatic carbocycles. The number of fused-ring (bicyclic) bond motifs is 1. The van der Waals surface area contributed by atoms with Crippen molar-refractivity contribution in [2.24, 2.45) is 0 Å². The standard InChI is InChI=1S/C33H36FN3O7/c1-19(2)30(38)42-15-14-35-32(40)44-22-10-11-24(28(17-22)41-7)23-12-13-26-29(37(6)31(39)33(4,5)36-26)25(23)18-43-27-16-21(34)9-8-20(27)3/h8-13,16-17,36H,1,14-15,18H2,2-7H3,(H,35,40). The Hall–Kier alpha value is -5.06. The van der Waals surface area contributed by atoms with Crippen LogP contribution in [0.3, 0.4) is 0 Å². The predicted octanol–water partition coefficient (Wildman–Crippen LogP) is 5.76. The fourth-order valence-electron chi connectivity index (χ4n) is 4.83. The van der Waals surface area contributed by atoms with Crippen LogP contribution in [-0.2, 0) is 20.9 Å². The number of rotatable bonds is 10. The van der Waals surface area contributed by atoms with Gasteiger partial charge in [-0.05, 0) is 63.1 Å². The molecule has 10 nitrogen and oxygen atoms in total. The first-order valence-corrected chi connectivity index (χ1v) is 13.9. The highest BCUT2D eigenvalue weighted by molar-refractivity contribution is 6.08. The Morgan fingerprint density at radius 1 is 1.07 bits per heavy atom. The number of ether oxygens (including phenoxy) is 4. The van der Waals surface area contributed by atoms with Crippen LogP contribution in [0, 0.1) is 12.7 Å². The molecule has 4 rings (SSSR count). The van der Waals surface area contributed by atoms with Gasteiger partial charge in [-0.25, -0.2) is 14.0 Å². The van der Waals surface area contributed by atoms with Crippen LogP contribution in [0.4, 0.5) is 20.6 Å². The van der Waals surface area contributed by atoms with Crippen LogP contribution in [0.5, 0.6) is 17.2 Å². The summed E-state index contributed by atoms with van der Waals surface area (Å²) in [5.74, 6) is -0.126. The minimum atomic E-state index is -0.829. The third-order valence-electron chi connectivity index (χ3n) is 7.05. The second-order valence-corrected chi connectivity index (χ2v) is 10.9. The van der Waals surface area contributed by atoms with E-state index in [-0.39, 0.29) is 37.0 Å². The highest BCUT2D eigenvalue weighted by Gasteiger charge is 2.38. The van der Waals surface area contributed by atoms with Crippen LogP contribution in [-0.4, -0.2) is 50.8 Å². The van der Waals surface area contributed by atoms with Crippen molar-refractivity contribution in [2.75, 3.05) is 37.5 Å². The fourth-order valence-corrected chi connectivity index (χ4v) is 4.83. The van der Waals surface area contributed by atoms with Gasteiger partial charge in [0.25, 0.3) is 5.91 Å². The summed E-state index contributed by atoms with van der Waals surface area (Å²) < 4.78 is 36.2. The van der Waals surface area contributed by atoms with Crippen LogP contribution in [0.15, 0.2) is 60.7 Å². The highest BCUT2D eigenvalue weighted by atomic mass is 19.1. The van der Waals surface area contributed by atoms with Crippen LogP contribution < -0.4 is 29.7 Å². The number of esters is 1. The lowest BCUT2D eigenvalue weighted by atomic mass is 9.91. The number of aryl methyl sites for hydroxylation is 1. The lowest BCUT2D eigenvalue weighted by Crippen LogP contribution is -2.52. The van der Waals surface area contributed by atoms with E-state index < -0.39 is 23.4 Å². The Balaban J connectivity index is 1.65. The van der Waals surface area contributed by atoms with Gasteiger partial charge >= 0.3 is 12.1 Å². The average Bonchev–Trinajstić information content (AvgIpc) is 2.98. The molecule has 3 aromatic rings. The van der Waals surface area contributed by atoms with E-state index >= 15 is 0 Å². The number of nitrogens with zero attached hydrogens (tertiary/aromatic N) is 1. The molecule has 0 atom stereocenters. The third kappa shape index (κ3) is 6.94. The van der Waals surface area contributed by atoms with Crippen molar-refractivity contribution in [3.8, 4) is 28.4 Å². The number of methoxy groups -OCH3 is 1. The van der Waals surface area contributed by atoms with E-state index in [9.17, 15) is 18.8 Å². The van der Waals surface area contributed by atoms with Crippen LogP contribution >= 0.6 is 0 Å². The van der Waals surface area contributed by atoms with E-state index in [1.807, 2.05) is 32.9 Å². The molecule has 0 spiro atoms. The van der Waals surface area contributed by atoms with E-state index in [2.05, 4.69) is 17.2 Å². The molecule has 1 aliphatic heterocycles. The van der Waals surface area contributed by atoms with E-state index in [0.717, 1.165) is 11.3 Å². The van der Waals surface area contributed by atoms with Gasteiger partial charge in [-0.1, -0.05) is 18.7 Å². The molecule has 0 aliphatic carbocycles. The van der Waals surface area contributed by atoms with Gasteiger partial charge in [-0.3, -0.25) is 4.79 Å². The first kappa shape index (κ1) is 31.9. The van der Waals surface area contributed by atoms with Gasteiger partial charge in [0.1, 0.15) is 41.8 Å². The summed E-state index contributed by atoms with van der Waals surface area (Å²) in [6.45, 7) is 10.5. The number of hydrogen-bond donors (Lipinski definition) is 2. The molecular weight excluding hydrogens is 569 g/mol. The zero-order valence-corrected chi connectivity index (χ0v) is 25.6. The Kier molecular flexibility index (Phi) is 9.46. The third-order valence-corrected chi connectivity index (χ3v) is 7.05. The number of nitrogens with one attached hydrogen (secondary N) is 2. The zero-order chi connectivity index (χ0) is 32.2. The number of halogens is 1. The summed E-state index contributed by atoms with van der Waals surface area (Å²) >= 11 is 0. The number of carbonyl (C=O) groups is 3. The van der Waals surface area contributed by atoms with Crippen molar-refractivity contribution in [1.29, 1.82) is 0 Å². The van der Waals surface area contributed by atoms with Gasteiger partial charge < -0.3 is 34.5 Å². The number of likely N-dealkylation sites (N-methyl/N-ethyl adjacent to an activating group) is 1. The van der Waals surface area contributed by atoms with Crippen molar-refractivity contribution in [3.05, 3.63) is 77.6 Å². The van der Waals surface area contributed by atoms with Crippen molar-refractivity contribution >= 4 is 29.3 Å². The lowest BCUT2D eigenvalue weighted by molar-refractivity contribution is -0.138. The second-order valence-electron chi connectivity index (χ2n) is 10.9. The molecule has 1 heterocycles. The number of benzene rings is 3. The molecule has 2 N–H and O–H groups in total. The van der Waals surface area contributed by atoms with Gasteiger partial charge in [-0.15, -0.1) is 0 Å². The zero-order valence-electron chi connectivity index (χ0n) is 25.6. The van der Waals surface area contributed by atoms with E-state index in [1.165, 1.54) is 26.2 Å². The Bertz CT molecular complexity index is 1620. The number of carbonyl (C=O) groups excluding carboxylic acids is 3. The molecule has 0 unspecified atom stereocenters. The maximum absolute atomic E-state index is 14.0. The van der Waals surface area contributed by atoms with Crippen molar-refractivity contribution in [1.82, 2.24) is 5.32 Å². The molecule has 11 heteroatoms. The maximum atomic E-state index is 14.0. The van der Waals surface area contributed by atoms with Crippen molar-refractivity contribution in [2.45, 2.75) is 39.8 Å². The normalized spacial score (nSPS) is 13.3. The van der Waals surface area contributed by atoms with E-state index in [1.54, 1.807) is 36.2 Å². The average molecular weight is 606 g/mol. The molecule has 0 radical (unpaired) electrons. The Labute approximate surface area is 255 Å². The first-order valence-electron chi connectivity index (χ1n) is 13.9.